The third kappa shape index (κ3) is 1.36. The van der Waals surface area contributed by atoms with Crippen LogP contribution in [0.5, 0.6) is 0 Å². The molecule has 0 saturated heterocycles. The zero-order valence-corrected chi connectivity index (χ0v) is 11.0. The summed E-state index contributed by atoms with van der Waals surface area (Å²) in [6, 6.07) is 0. The van der Waals surface area contributed by atoms with Crippen molar-refractivity contribution in [3.8, 4) is 0 Å². The molecule has 4 aliphatic carbocycles. The van der Waals surface area contributed by atoms with E-state index in [0.29, 0.717) is 11.2 Å². The van der Waals surface area contributed by atoms with Crippen molar-refractivity contribution in [1.82, 2.24) is 9.97 Å². The van der Waals surface area contributed by atoms with Gasteiger partial charge in [-0.1, -0.05) is 0 Å². The first kappa shape index (κ1) is 10.8. The Kier molecular flexibility index (Phi) is 2.07. The number of aromatic nitrogens is 2. The fourth-order valence-electron chi connectivity index (χ4n) is 5.40. The molecule has 18 heavy (non-hydrogen) atoms. The maximum Gasteiger partial charge on any atom is 0.129 e. The van der Waals surface area contributed by atoms with Crippen LogP contribution in [0.15, 0.2) is 6.33 Å². The van der Waals surface area contributed by atoms with Gasteiger partial charge in [0.15, 0.2) is 0 Å². The highest BCUT2D eigenvalue weighted by molar-refractivity contribution is 5.44. The minimum atomic E-state index is 0.343. The standard InChI is InChI=1S/C15H21N3/c1-9-13(17-8-18-14(9)16)15-5-10-2-11(6-15)4-12(3-10)7-15/h8,10-12H,2-7H2,1H3,(H2,16,17,18). The number of hydrogen-bond acceptors (Lipinski definition) is 3. The lowest BCUT2D eigenvalue weighted by Crippen LogP contribution is -2.49. The van der Waals surface area contributed by atoms with Crippen LogP contribution in [-0.4, -0.2) is 9.97 Å². The molecule has 0 radical (unpaired) electrons. The molecule has 3 nitrogen and oxygen atoms in total. The van der Waals surface area contributed by atoms with Gasteiger partial charge in [-0.2, -0.15) is 0 Å². The normalized spacial score (nSPS) is 41.3. The largest absolute Gasteiger partial charge is 0.383 e. The van der Waals surface area contributed by atoms with Crippen molar-refractivity contribution >= 4 is 5.82 Å². The summed E-state index contributed by atoms with van der Waals surface area (Å²) in [6.07, 6.45) is 10.1. The van der Waals surface area contributed by atoms with E-state index in [1.807, 2.05) is 0 Å². The Morgan fingerprint density at radius 3 is 2.17 bits per heavy atom. The van der Waals surface area contributed by atoms with E-state index in [1.165, 1.54) is 44.2 Å². The van der Waals surface area contributed by atoms with Crippen LogP contribution in [0, 0.1) is 24.7 Å². The molecule has 0 amide bonds. The van der Waals surface area contributed by atoms with Crippen molar-refractivity contribution < 1.29 is 0 Å². The fourth-order valence-corrected chi connectivity index (χ4v) is 5.40. The van der Waals surface area contributed by atoms with E-state index in [9.17, 15) is 0 Å². The van der Waals surface area contributed by atoms with E-state index < -0.39 is 0 Å². The average Bonchev–Trinajstić information content (AvgIpc) is 2.30. The molecule has 3 heteroatoms. The second kappa shape index (κ2) is 3.46. The number of hydrogen-bond donors (Lipinski definition) is 1. The van der Waals surface area contributed by atoms with Crippen molar-refractivity contribution in [2.24, 2.45) is 17.8 Å². The number of anilines is 1. The topological polar surface area (TPSA) is 51.8 Å². The zero-order valence-electron chi connectivity index (χ0n) is 11.0. The van der Waals surface area contributed by atoms with E-state index in [1.54, 1.807) is 6.33 Å². The summed E-state index contributed by atoms with van der Waals surface area (Å²) in [6.45, 7) is 2.10. The van der Waals surface area contributed by atoms with Crippen LogP contribution in [0.4, 0.5) is 5.82 Å². The van der Waals surface area contributed by atoms with E-state index in [0.717, 1.165) is 23.3 Å². The van der Waals surface area contributed by atoms with Crippen molar-refractivity contribution in [2.45, 2.75) is 50.9 Å². The number of nitrogens with two attached hydrogens (primary N) is 1. The van der Waals surface area contributed by atoms with Crippen molar-refractivity contribution in [1.29, 1.82) is 0 Å². The predicted molar refractivity (Wildman–Crippen MR) is 71.0 cm³/mol. The van der Waals surface area contributed by atoms with Gasteiger partial charge in [0.2, 0.25) is 0 Å². The summed E-state index contributed by atoms with van der Waals surface area (Å²) >= 11 is 0. The third-order valence-corrected chi connectivity index (χ3v) is 5.66. The second-order valence-corrected chi connectivity index (χ2v) is 6.93. The highest BCUT2D eigenvalue weighted by Crippen LogP contribution is 2.60. The lowest BCUT2D eigenvalue weighted by Gasteiger charge is -2.56. The Hall–Kier alpha value is -1.12. The van der Waals surface area contributed by atoms with Gasteiger partial charge in [-0.05, 0) is 63.2 Å². The molecule has 0 unspecified atom stereocenters. The Morgan fingerprint density at radius 1 is 1.06 bits per heavy atom. The van der Waals surface area contributed by atoms with Crippen molar-refractivity contribution in [2.75, 3.05) is 5.73 Å². The first-order valence-electron chi connectivity index (χ1n) is 7.24. The first-order chi connectivity index (χ1) is 8.66. The molecule has 2 N–H and O–H groups in total. The smallest absolute Gasteiger partial charge is 0.129 e. The molecule has 5 rings (SSSR count). The van der Waals surface area contributed by atoms with E-state index >= 15 is 0 Å². The van der Waals surface area contributed by atoms with Crippen LogP contribution in [0.1, 0.15) is 49.8 Å². The maximum atomic E-state index is 5.99. The number of rotatable bonds is 1. The molecule has 1 heterocycles. The summed E-state index contributed by atoms with van der Waals surface area (Å²) < 4.78 is 0. The lowest BCUT2D eigenvalue weighted by atomic mass is 9.48. The Labute approximate surface area is 108 Å². The fraction of sp³-hybridized carbons (Fsp3) is 0.733. The maximum absolute atomic E-state index is 5.99. The lowest BCUT2D eigenvalue weighted by molar-refractivity contribution is -0.00753. The summed E-state index contributed by atoms with van der Waals surface area (Å²) in [5.41, 5.74) is 8.74. The van der Waals surface area contributed by atoms with Gasteiger partial charge < -0.3 is 5.73 Å². The highest BCUT2D eigenvalue weighted by atomic mass is 14.9. The minimum Gasteiger partial charge on any atom is -0.383 e. The molecular formula is C15H21N3. The molecule has 0 spiro atoms. The van der Waals surface area contributed by atoms with Gasteiger partial charge in [-0.15, -0.1) is 0 Å². The molecule has 1 aromatic rings. The van der Waals surface area contributed by atoms with Crippen LogP contribution in [-0.2, 0) is 5.41 Å². The molecule has 1 aromatic heterocycles. The summed E-state index contributed by atoms with van der Waals surface area (Å²) in [4.78, 5) is 8.77. The quantitative estimate of drug-likeness (QED) is 0.825. The Morgan fingerprint density at radius 2 is 1.61 bits per heavy atom. The zero-order chi connectivity index (χ0) is 12.3. The second-order valence-electron chi connectivity index (χ2n) is 6.93. The Balaban J connectivity index is 1.81. The molecule has 4 bridgehead atoms. The van der Waals surface area contributed by atoms with Gasteiger partial charge in [0, 0.05) is 11.0 Å². The van der Waals surface area contributed by atoms with Gasteiger partial charge in [0.1, 0.15) is 12.1 Å². The third-order valence-electron chi connectivity index (χ3n) is 5.66. The monoisotopic (exact) mass is 243 g/mol. The predicted octanol–water partition coefficient (Wildman–Crippen LogP) is 2.84. The number of nitrogen functional groups attached to an aromatic ring is 1. The molecule has 0 aliphatic heterocycles. The summed E-state index contributed by atoms with van der Waals surface area (Å²) in [5.74, 6) is 3.53. The molecular weight excluding hydrogens is 222 g/mol. The van der Waals surface area contributed by atoms with Gasteiger partial charge >= 0.3 is 0 Å². The van der Waals surface area contributed by atoms with Gasteiger partial charge in [-0.3, -0.25) is 0 Å². The van der Waals surface area contributed by atoms with Crippen LogP contribution < -0.4 is 5.73 Å². The van der Waals surface area contributed by atoms with Crippen LogP contribution >= 0.6 is 0 Å². The summed E-state index contributed by atoms with van der Waals surface area (Å²) in [7, 11) is 0. The van der Waals surface area contributed by atoms with E-state index in [2.05, 4.69) is 16.9 Å². The van der Waals surface area contributed by atoms with E-state index in [4.69, 9.17) is 5.73 Å². The SMILES string of the molecule is Cc1c(N)ncnc1C12CC3CC(CC(C3)C1)C2. The molecule has 0 atom stereocenters. The molecule has 0 aromatic carbocycles. The van der Waals surface area contributed by atoms with E-state index in [-0.39, 0.29) is 0 Å². The highest BCUT2D eigenvalue weighted by Gasteiger charge is 2.52. The van der Waals surface area contributed by atoms with Gasteiger partial charge in [0.25, 0.3) is 0 Å². The van der Waals surface area contributed by atoms with Crippen LogP contribution in [0.25, 0.3) is 0 Å². The van der Waals surface area contributed by atoms with Crippen LogP contribution in [0.2, 0.25) is 0 Å². The Bertz CT molecular complexity index is 459. The van der Waals surface area contributed by atoms with Crippen molar-refractivity contribution in [3.05, 3.63) is 17.6 Å². The molecule has 4 aliphatic rings. The number of nitrogens with zero attached hydrogens (tertiary/aromatic N) is 2. The average molecular weight is 243 g/mol. The minimum absolute atomic E-state index is 0.343. The van der Waals surface area contributed by atoms with Gasteiger partial charge in [-0.25, -0.2) is 9.97 Å². The molecule has 4 saturated carbocycles. The molecule has 4 fully saturated rings. The van der Waals surface area contributed by atoms with Crippen molar-refractivity contribution in [3.63, 3.8) is 0 Å². The summed E-state index contributed by atoms with van der Waals surface area (Å²) in [5, 5.41) is 0. The molecule has 96 valence electrons. The van der Waals surface area contributed by atoms with Crippen LogP contribution in [0.3, 0.4) is 0 Å². The first-order valence-corrected chi connectivity index (χ1v) is 7.24. The van der Waals surface area contributed by atoms with Gasteiger partial charge in [0.05, 0.1) is 5.69 Å².